The number of aromatic amines is 4. The quantitative estimate of drug-likeness (QED) is 0.00921. The predicted molar refractivity (Wildman–Crippen MR) is 374 cm³/mol. The molecule has 0 aliphatic rings. The molecule has 0 spiro atoms. The Morgan fingerprint density at radius 1 is 0.420 bits per heavy atom. The summed E-state index contributed by atoms with van der Waals surface area (Å²) in [7, 11) is -30.7. The van der Waals surface area contributed by atoms with Gasteiger partial charge in [-0.3, -0.25) is 58.1 Å². The van der Waals surface area contributed by atoms with E-state index in [0.717, 1.165) is 36.4 Å². The van der Waals surface area contributed by atoms with Crippen molar-refractivity contribution in [3.8, 4) is 0 Å². The average molecular weight is 1570 g/mol. The molecule has 0 saturated carbocycles. The van der Waals surface area contributed by atoms with Crippen LogP contribution in [0, 0.1) is 10.8 Å². The number of nitrogens with zero attached hydrogens (tertiary/aromatic N) is 10. The van der Waals surface area contributed by atoms with Crippen molar-refractivity contribution in [1.29, 1.82) is 10.8 Å². The van der Waals surface area contributed by atoms with E-state index in [1.54, 1.807) is 9.80 Å². The molecule has 0 atom stereocenters. The Balaban J connectivity index is 0.0000163. The molecule has 0 fully saturated rings. The molecule has 6 radical (unpaired) electrons. The first-order valence-electron chi connectivity index (χ1n) is 28.0. The van der Waals surface area contributed by atoms with Gasteiger partial charge in [0.05, 0.1) is 32.5 Å². The number of H-pyrrole nitrogens is 4. The van der Waals surface area contributed by atoms with Crippen LogP contribution in [-0.2, 0) is 60.7 Å². The Labute approximate surface area is 709 Å². The second-order valence-electron chi connectivity index (χ2n) is 20.2. The van der Waals surface area contributed by atoms with Gasteiger partial charge in [-0.25, -0.2) is 20.0 Å². The first-order valence-corrected chi connectivity index (χ1v) is 36.6. The van der Waals surface area contributed by atoms with Crippen molar-refractivity contribution < 1.29 is 88.0 Å². The topological polar surface area (TPSA) is 566 Å². The van der Waals surface area contributed by atoms with Crippen LogP contribution >= 0.6 is 0 Å². The number of anilines is 2. The third kappa shape index (κ3) is 30.2. The third-order valence-corrected chi connectivity index (χ3v) is 19.0. The molecule has 14 N–H and O–H groups in total. The second-order valence-corrected chi connectivity index (χ2v) is 28.6. The summed E-state index contributed by atoms with van der Waals surface area (Å²) in [5.41, 5.74) is -4.46. The van der Waals surface area contributed by atoms with E-state index in [9.17, 15) is 88.0 Å². The number of aliphatic hydroxyl groups is 2. The molecule has 2 aromatic heterocycles. The van der Waals surface area contributed by atoms with Gasteiger partial charge in [0, 0.05) is 216 Å². The van der Waals surface area contributed by atoms with Crippen molar-refractivity contribution >= 4 is 297 Å². The van der Waals surface area contributed by atoms with E-state index in [4.69, 9.17) is 10.8 Å². The van der Waals surface area contributed by atoms with Crippen LogP contribution in [0.4, 0.5) is 34.6 Å². The van der Waals surface area contributed by atoms with Crippen LogP contribution in [-0.4, -0.2) is 382 Å². The van der Waals surface area contributed by atoms with E-state index >= 15 is 0 Å². The van der Waals surface area contributed by atoms with Crippen LogP contribution < -0.4 is 32.3 Å². The molecule has 0 amide bonds. The fraction of sp³-hybridized carbons (Fsp3) is 0.346. The number of aliphatic hydroxyl groups excluding tert-OH is 2. The van der Waals surface area contributed by atoms with E-state index in [-0.39, 0.29) is 251 Å². The predicted octanol–water partition coefficient (Wildman–Crippen LogP) is 1.01. The molecule has 0 bridgehead atoms. The van der Waals surface area contributed by atoms with Gasteiger partial charge >= 0.3 is 0 Å². The minimum absolute atomic E-state index is 0. The first-order chi connectivity index (χ1) is 43.8. The standard InChI is InChI=1S/C52H68N16O20S6.6Na/c1-5-65(6-2)23-9-25-67(27-21-45(53)69)51-61-47(59-49(63-51)57-39-31-37(89(71,72)73)17-19-41(39)91(77,78)79)55-35-15-13-33(43(29-35)93(83,84)85)11-12-34-14-16-36(30-44(34)94(86,87)88)56-48-60-50(58-40-32-38(90(74,75)76)18-20-42(40)92(80,81)82)64-52(62-48)68(28-22-46(54)70)26-10-24-66(7-3)8-4;;;;;;/h11-20,29-32H,5-10,21-28H2,1-4H3,(H2,53,69)(H2,54,70)(H,71,72,73)(H,74,75,76)(H,77,78,79)(H,80,81,82)(H,83,84,85)(H,86,87,88)(H2,55,57,59,61,63)(H2,56,58,60,62,64);;;;;;. The summed E-state index contributed by atoms with van der Waals surface area (Å²) in [5.74, 6) is -1.68. The normalized spacial score (nSPS) is 12.8. The van der Waals surface area contributed by atoms with E-state index in [1.165, 1.54) is 12.1 Å². The van der Waals surface area contributed by atoms with Crippen LogP contribution in [0.15, 0.2) is 122 Å². The maximum absolute atomic E-state index is 13.1. The molecule has 4 aromatic carbocycles. The number of benzene rings is 4. The molecule has 36 nitrogen and oxygen atoms in total. The SMILES string of the molecule is CCN(CC)CCCN(CCC(=N)O)c1nc(=Nc2ccc(C=Cc3ccc(N=c4nc(N(CCCN(CC)CC)CCC(=N)O)[nH]c(=Nc5cc(S(=O)(=O)O)ccc5S(=O)(=O)O)[nH]4)cc3S(=O)(=O)O)c(S(=O)(=O)O)c2)[nH]c(=Nc2cc(S(=O)(=O)O)ccc2S(=O)(=O)O)[nH]1.[Na].[Na].[Na].[Na].[Na].[Na]. The van der Waals surface area contributed by atoms with Gasteiger partial charge in [-0.2, -0.15) is 60.5 Å². The van der Waals surface area contributed by atoms with Gasteiger partial charge < -0.3 is 29.8 Å². The number of rotatable bonds is 32. The van der Waals surface area contributed by atoms with E-state index in [0.29, 0.717) is 88.5 Å². The fourth-order valence-corrected chi connectivity index (χ4v) is 12.6. The molecule has 2 heterocycles. The first kappa shape index (κ1) is 97.8. The van der Waals surface area contributed by atoms with Gasteiger partial charge in [-0.05, 0) is 124 Å². The summed E-state index contributed by atoms with van der Waals surface area (Å²) in [5, 5.41) is 35.2. The summed E-state index contributed by atoms with van der Waals surface area (Å²) in [6, 6.07) is 10.3. The average Bonchev–Trinajstić information content (AvgIpc) is 0.805. The molecule has 0 aliphatic heterocycles. The number of hydrogen-bond acceptors (Lipinski definition) is 24. The van der Waals surface area contributed by atoms with Crippen LogP contribution in [0.5, 0.6) is 0 Å². The van der Waals surface area contributed by atoms with Gasteiger partial charge in [0.2, 0.25) is 34.4 Å². The van der Waals surface area contributed by atoms with Crippen molar-refractivity contribution in [3.05, 3.63) is 106 Å². The maximum atomic E-state index is 13.1. The summed E-state index contributed by atoms with van der Waals surface area (Å²) >= 11 is 0. The minimum atomic E-state index is -5.23. The largest absolute Gasteiger partial charge is 0.497 e. The van der Waals surface area contributed by atoms with Crippen LogP contribution in [0.25, 0.3) is 12.2 Å². The van der Waals surface area contributed by atoms with Gasteiger partial charge in [0.1, 0.15) is 19.6 Å². The Bertz CT molecular complexity index is 4600. The Hall–Kier alpha value is -2.24. The van der Waals surface area contributed by atoms with Crippen LogP contribution in [0.1, 0.15) is 64.5 Å². The smallest absolute Gasteiger partial charge is 0.296 e. The van der Waals surface area contributed by atoms with Crippen molar-refractivity contribution in [3.63, 3.8) is 0 Å². The molecule has 6 aromatic rings. The van der Waals surface area contributed by atoms with Crippen molar-refractivity contribution in [2.24, 2.45) is 20.0 Å². The van der Waals surface area contributed by atoms with Crippen molar-refractivity contribution in [1.82, 2.24) is 39.7 Å². The Kier molecular flexibility index (Phi) is 42.0. The summed E-state index contributed by atoms with van der Waals surface area (Å²) in [6.07, 6.45) is 2.54. The van der Waals surface area contributed by atoms with Crippen LogP contribution in [0.3, 0.4) is 0 Å². The third-order valence-electron chi connectivity index (χ3n) is 13.7. The fourth-order valence-electron chi connectivity index (χ4n) is 8.99. The molecule has 48 heteroatoms. The van der Waals surface area contributed by atoms with Crippen molar-refractivity contribution in [2.45, 2.75) is 82.8 Å². The maximum Gasteiger partial charge on any atom is 0.296 e. The van der Waals surface area contributed by atoms with Gasteiger partial charge in [-0.1, -0.05) is 52.0 Å². The van der Waals surface area contributed by atoms with E-state index < -0.39 is 136 Å². The molecule has 518 valence electrons. The summed E-state index contributed by atoms with van der Waals surface area (Å²) in [6.45, 7) is 11.9. The molecule has 6 rings (SSSR count). The van der Waals surface area contributed by atoms with Gasteiger partial charge in [0.15, 0.2) is 11.8 Å². The minimum Gasteiger partial charge on any atom is -0.497 e. The number of nitrogens with one attached hydrogen (secondary N) is 6. The molecule has 0 aliphatic carbocycles. The molecular weight excluding hydrogens is 1500 g/mol. The zero-order chi connectivity index (χ0) is 69.7. The second kappa shape index (κ2) is 42.9. The van der Waals surface area contributed by atoms with E-state index in [2.05, 4.69) is 59.7 Å². The summed E-state index contributed by atoms with van der Waals surface area (Å²) in [4.78, 5) is 39.0. The Morgan fingerprint density at radius 3 is 1.02 bits per heavy atom. The van der Waals surface area contributed by atoms with Crippen LogP contribution in [0.2, 0.25) is 0 Å². The van der Waals surface area contributed by atoms with E-state index in [1.807, 2.05) is 27.7 Å². The summed E-state index contributed by atoms with van der Waals surface area (Å²) < 4.78 is 212. The molecular formula is C52H68N16Na6O20S6. The van der Waals surface area contributed by atoms with Gasteiger partial charge in [-0.15, -0.1) is 0 Å². The Morgan fingerprint density at radius 2 is 0.740 bits per heavy atom. The number of aromatic nitrogens is 6. The monoisotopic (exact) mass is 1570 g/mol. The molecule has 0 saturated heterocycles. The molecule has 100 heavy (non-hydrogen) atoms. The molecule has 0 unspecified atom stereocenters. The zero-order valence-corrected chi connectivity index (χ0v) is 73.3. The number of hydrogen-bond donors (Lipinski definition) is 14. The zero-order valence-electron chi connectivity index (χ0n) is 56.4. The van der Waals surface area contributed by atoms with Crippen molar-refractivity contribution in [2.75, 3.05) is 75.2 Å². The van der Waals surface area contributed by atoms with Gasteiger partial charge in [0.25, 0.3) is 60.7 Å².